The van der Waals surface area contributed by atoms with Gasteiger partial charge in [0.25, 0.3) is 5.89 Å². The van der Waals surface area contributed by atoms with Gasteiger partial charge in [0.1, 0.15) is 12.2 Å². The number of aliphatic hydroxyl groups is 1. The van der Waals surface area contributed by atoms with E-state index >= 15 is 0 Å². The molecule has 1 aromatic heterocycles. The van der Waals surface area contributed by atoms with Gasteiger partial charge in [-0.1, -0.05) is 5.16 Å². The molecule has 2 atom stereocenters. The Hall–Kier alpha value is -0.940. The molecule has 0 spiro atoms. The second-order valence-corrected chi connectivity index (χ2v) is 3.17. The highest BCUT2D eigenvalue weighted by atomic mass is 16.5. The van der Waals surface area contributed by atoms with Crippen LogP contribution in [0.3, 0.4) is 0 Å². The van der Waals surface area contributed by atoms with Gasteiger partial charge >= 0.3 is 0 Å². The highest BCUT2D eigenvalue weighted by Gasteiger charge is 2.24. The van der Waals surface area contributed by atoms with Gasteiger partial charge in [-0.3, -0.25) is 0 Å². The molecule has 1 saturated heterocycles. The predicted octanol–water partition coefficient (Wildman–Crippen LogP) is 0.974. The Kier molecular flexibility index (Phi) is 2.28. The summed E-state index contributed by atoms with van der Waals surface area (Å²) < 4.78 is 10.3. The largest absolute Gasteiger partial charge is 0.385 e. The number of aromatic nitrogens is 2. The normalized spacial score (nSPS) is 24.9. The summed E-state index contributed by atoms with van der Waals surface area (Å²) in [6.07, 6.45) is 1.19. The van der Waals surface area contributed by atoms with E-state index in [9.17, 15) is 0 Å². The Balaban J connectivity index is 2.12. The Morgan fingerprint density at radius 2 is 2.46 bits per heavy atom. The van der Waals surface area contributed by atoms with Crippen LogP contribution in [0.15, 0.2) is 4.52 Å². The molecule has 5 nitrogen and oxygen atoms in total. The Bertz CT molecular complexity index is 279. The van der Waals surface area contributed by atoms with Crippen molar-refractivity contribution in [3.8, 4) is 0 Å². The first-order valence-electron chi connectivity index (χ1n) is 4.40. The number of rotatable bonds is 2. The zero-order valence-electron chi connectivity index (χ0n) is 7.43. The molecule has 72 valence electrons. The zero-order chi connectivity index (χ0) is 9.26. The van der Waals surface area contributed by atoms with Gasteiger partial charge in [-0.15, -0.1) is 0 Å². The Morgan fingerprint density at radius 3 is 3.00 bits per heavy atom. The van der Waals surface area contributed by atoms with Gasteiger partial charge in [0.15, 0.2) is 5.82 Å². The number of hydrogen-bond donors (Lipinski definition) is 1. The fourth-order valence-electron chi connectivity index (χ4n) is 1.32. The first-order chi connectivity index (χ1) is 6.27. The van der Waals surface area contributed by atoms with Crippen LogP contribution in [0.5, 0.6) is 0 Å². The van der Waals surface area contributed by atoms with Crippen LogP contribution in [-0.4, -0.2) is 21.9 Å². The Labute approximate surface area is 75.7 Å². The maximum atomic E-state index is 9.15. The van der Waals surface area contributed by atoms with Crippen LogP contribution >= 0.6 is 0 Å². The summed E-state index contributed by atoms with van der Waals surface area (Å²) in [5.74, 6) is 0.805. The molecule has 0 radical (unpaired) electrons. The van der Waals surface area contributed by atoms with Crippen LogP contribution < -0.4 is 0 Å². The quantitative estimate of drug-likeness (QED) is 0.741. The fraction of sp³-hybridized carbons (Fsp3) is 0.750. The molecule has 13 heavy (non-hydrogen) atoms. The summed E-state index contributed by atoms with van der Waals surface area (Å²) in [5, 5.41) is 12.8. The molecular formula is C8H12N2O3. The van der Waals surface area contributed by atoms with Crippen LogP contribution in [0.1, 0.15) is 43.7 Å². The van der Waals surface area contributed by atoms with E-state index in [2.05, 4.69) is 10.1 Å². The maximum Gasteiger partial charge on any atom is 0.255 e. The van der Waals surface area contributed by atoms with Crippen molar-refractivity contribution in [3.63, 3.8) is 0 Å². The first kappa shape index (κ1) is 8.65. The minimum atomic E-state index is -0.682. The van der Waals surface area contributed by atoms with Gasteiger partial charge in [0, 0.05) is 6.61 Å². The highest BCUT2D eigenvalue weighted by molar-refractivity contribution is 4.93. The molecule has 1 aliphatic rings. The van der Waals surface area contributed by atoms with Crippen LogP contribution in [0.2, 0.25) is 0 Å². The van der Waals surface area contributed by atoms with Crippen LogP contribution in [0.25, 0.3) is 0 Å². The number of ether oxygens (including phenoxy) is 1. The van der Waals surface area contributed by atoms with Gasteiger partial charge in [0.2, 0.25) is 0 Å². The van der Waals surface area contributed by atoms with E-state index in [1.54, 1.807) is 6.92 Å². The average Bonchev–Trinajstić information content (AvgIpc) is 2.75. The molecule has 2 heterocycles. The van der Waals surface area contributed by atoms with Crippen LogP contribution in [0, 0.1) is 0 Å². The molecule has 0 bridgehead atoms. The monoisotopic (exact) mass is 184 g/mol. The standard InChI is InChI=1S/C8H12N2O3/c1-5(11)7-9-8(13-10-7)6-3-2-4-12-6/h5-6,11H,2-4H2,1H3. The third-order valence-corrected chi connectivity index (χ3v) is 2.04. The average molecular weight is 184 g/mol. The van der Waals surface area contributed by atoms with Crippen molar-refractivity contribution in [1.29, 1.82) is 0 Å². The molecule has 0 saturated carbocycles. The summed E-state index contributed by atoms with van der Waals surface area (Å²) in [7, 11) is 0. The van der Waals surface area contributed by atoms with E-state index in [1.807, 2.05) is 0 Å². The summed E-state index contributed by atoms with van der Waals surface area (Å²) >= 11 is 0. The lowest BCUT2D eigenvalue weighted by molar-refractivity contribution is 0.0835. The topological polar surface area (TPSA) is 68.4 Å². The number of hydrogen-bond acceptors (Lipinski definition) is 5. The smallest absolute Gasteiger partial charge is 0.255 e. The van der Waals surface area contributed by atoms with Gasteiger partial charge < -0.3 is 14.4 Å². The fourth-order valence-corrected chi connectivity index (χ4v) is 1.32. The van der Waals surface area contributed by atoms with E-state index in [0.29, 0.717) is 11.7 Å². The molecule has 1 fully saturated rings. The minimum absolute atomic E-state index is 0.0694. The molecule has 1 aliphatic heterocycles. The third-order valence-electron chi connectivity index (χ3n) is 2.04. The lowest BCUT2D eigenvalue weighted by atomic mass is 10.2. The van der Waals surface area contributed by atoms with Crippen molar-refractivity contribution in [2.24, 2.45) is 0 Å². The SMILES string of the molecule is CC(O)c1noc(C2CCCO2)n1. The van der Waals surface area contributed by atoms with Crippen molar-refractivity contribution in [1.82, 2.24) is 10.1 Å². The van der Waals surface area contributed by atoms with Crippen molar-refractivity contribution in [2.75, 3.05) is 6.61 Å². The Morgan fingerprint density at radius 1 is 1.62 bits per heavy atom. The van der Waals surface area contributed by atoms with E-state index in [-0.39, 0.29) is 6.10 Å². The summed E-state index contributed by atoms with van der Waals surface area (Å²) in [5.41, 5.74) is 0. The molecule has 1 N–H and O–H groups in total. The van der Waals surface area contributed by atoms with Gasteiger partial charge in [0.05, 0.1) is 0 Å². The summed E-state index contributed by atoms with van der Waals surface area (Å²) in [6, 6.07) is 0. The highest BCUT2D eigenvalue weighted by Crippen LogP contribution is 2.27. The van der Waals surface area contributed by atoms with E-state index in [0.717, 1.165) is 19.4 Å². The molecule has 2 rings (SSSR count). The van der Waals surface area contributed by atoms with Gasteiger partial charge in [-0.2, -0.15) is 4.98 Å². The second kappa shape index (κ2) is 3.43. The van der Waals surface area contributed by atoms with E-state index in [1.165, 1.54) is 0 Å². The molecule has 0 aromatic carbocycles. The number of nitrogens with zero attached hydrogens (tertiary/aromatic N) is 2. The molecule has 0 amide bonds. The lowest BCUT2D eigenvalue weighted by Gasteiger charge is -2.00. The molecular weight excluding hydrogens is 172 g/mol. The maximum absolute atomic E-state index is 9.15. The van der Waals surface area contributed by atoms with Crippen molar-refractivity contribution < 1.29 is 14.4 Å². The third kappa shape index (κ3) is 1.71. The molecule has 1 aromatic rings. The van der Waals surface area contributed by atoms with Gasteiger partial charge in [-0.25, -0.2) is 0 Å². The first-order valence-corrected chi connectivity index (χ1v) is 4.40. The van der Waals surface area contributed by atoms with Crippen molar-refractivity contribution in [3.05, 3.63) is 11.7 Å². The van der Waals surface area contributed by atoms with Gasteiger partial charge in [-0.05, 0) is 19.8 Å². The zero-order valence-corrected chi connectivity index (χ0v) is 7.43. The minimum Gasteiger partial charge on any atom is -0.385 e. The second-order valence-electron chi connectivity index (χ2n) is 3.17. The van der Waals surface area contributed by atoms with E-state index in [4.69, 9.17) is 14.4 Å². The lowest BCUT2D eigenvalue weighted by Crippen LogP contribution is -1.98. The predicted molar refractivity (Wildman–Crippen MR) is 42.9 cm³/mol. The molecule has 5 heteroatoms. The van der Waals surface area contributed by atoms with Crippen molar-refractivity contribution in [2.45, 2.75) is 32.0 Å². The number of aliphatic hydroxyl groups excluding tert-OH is 1. The van der Waals surface area contributed by atoms with Crippen LogP contribution in [-0.2, 0) is 4.74 Å². The molecule has 2 unspecified atom stereocenters. The molecule has 0 aliphatic carbocycles. The van der Waals surface area contributed by atoms with Crippen molar-refractivity contribution >= 4 is 0 Å². The van der Waals surface area contributed by atoms with Crippen LogP contribution in [0.4, 0.5) is 0 Å². The van der Waals surface area contributed by atoms with E-state index < -0.39 is 6.10 Å². The summed E-state index contributed by atoms with van der Waals surface area (Å²) in [4.78, 5) is 4.04. The summed E-state index contributed by atoms with van der Waals surface area (Å²) in [6.45, 7) is 2.35.